The molecule has 1 rings (SSSR count). The van der Waals surface area contributed by atoms with Crippen molar-refractivity contribution >= 4 is 11.6 Å². The van der Waals surface area contributed by atoms with Gasteiger partial charge in [0.05, 0.1) is 11.9 Å². The molecule has 0 spiro atoms. The second-order valence-electron chi connectivity index (χ2n) is 5.50. The minimum Gasteiger partial charge on any atom is -0.384 e. The Balaban J connectivity index is 2.35. The molecule has 0 aliphatic heterocycles. The second-order valence-corrected chi connectivity index (χ2v) is 5.50. The summed E-state index contributed by atoms with van der Waals surface area (Å²) in [6.45, 7) is 8.13. The Hall–Kier alpha value is -1.58. The van der Waals surface area contributed by atoms with Gasteiger partial charge >= 0.3 is 0 Å². The van der Waals surface area contributed by atoms with Gasteiger partial charge in [0.15, 0.2) is 0 Å². The minimum absolute atomic E-state index is 0.0943. The van der Waals surface area contributed by atoms with Crippen LogP contribution in [-0.4, -0.2) is 24.0 Å². The zero-order valence-corrected chi connectivity index (χ0v) is 12.9. The lowest BCUT2D eigenvalue weighted by Gasteiger charge is -2.08. The number of nitrogens with one attached hydrogen (secondary N) is 2. The number of hydrogen-bond donors (Lipinski definition) is 2. The molecule has 4 nitrogen and oxygen atoms in total. The summed E-state index contributed by atoms with van der Waals surface area (Å²) in [7, 11) is 0. The predicted molar refractivity (Wildman–Crippen MR) is 84.0 cm³/mol. The Kier molecular flexibility index (Phi) is 7.70. The Morgan fingerprint density at radius 2 is 2.05 bits per heavy atom. The monoisotopic (exact) mass is 277 g/mol. The van der Waals surface area contributed by atoms with Gasteiger partial charge in [-0.15, -0.1) is 0 Å². The normalized spacial score (nSPS) is 10.6. The van der Waals surface area contributed by atoms with E-state index in [9.17, 15) is 4.79 Å². The van der Waals surface area contributed by atoms with E-state index in [4.69, 9.17) is 0 Å². The number of hydrogen-bond acceptors (Lipinski definition) is 3. The summed E-state index contributed by atoms with van der Waals surface area (Å²) in [4.78, 5) is 16.0. The topological polar surface area (TPSA) is 54.0 Å². The summed E-state index contributed by atoms with van der Waals surface area (Å²) < 4.78 is 0. The molecule has 1 heterocycles. The molecule has 0 bridgehead atoms. The van der Waals surface area contributed by atoms with Gasteiger partial charge in [-0.05, 0) is 30.9 Å². The molecular formula is C16H27N3O. The second kappa shape index (κ2) is 9.34. The van der Waals surface area contributed by atoms with Crippen LogP contribution in [-0.2, 0) is 0 Å². The molecule has 0 saturated heterocycles. The van der Waals surface area contributed by atoms with E-state index in [1.165, 1.54) is 12.8 Å². The van der Waals surface area contributed by atoms with E-state index >= 15 is 0 Å². The molecule has 112 valence electrons. The summed E-state index contributed by atoms with van der Waals surface area (Å²) in [6, 6.07) is 3.68. The fraction of sp³-hybridized carbons (Fsp3) is 0.625. The van der Waals surface area contributed by atoms with Gasteiger partial charge in [-0.3, -0.25) is 4.79 Å². The van der Waals surface area contributed by atoms with E-state index in [0.29, 0.717) is 18.2 Å². The van der Waals surface area contributed by atoms with Crippen LogP contribution in [0.1, 0.15) is 56.9 Å². The highest BCUT2D eigenvalue weighted by molar-refractivity contribution is 5.92. The van der Waals surface area contributed by atoms with Crippen molar-refractivity contribution in [1.29, 1.82) is 0 Å². The van der Waals surface area contributed by atoms with Gasteiger partial charge in [-0.25, -0.2) is 4.98 Å². The summed E-state index contributed by atoms with van der Waals surface area (Å²) in [5.74, 6) is 0.501. The van der Waals surface area contributed by atoms with Gasteiger partial charge in [0, 0.05) is 13.1 Å². The van der Waals surface area contributed by atoms with Crippen LogP contribution >= 0.6 is 0 Å². The first-order valence-electron chi connectivity index (χ1n) is 7.61. The van der Waals surface area contributed by atoms with Gasteiger partial charge in [0.2, 0.25) is 0 Å². The van der Waals surface area contributed by atoms with Crippen molar-refractivity contribution in [3.8, 4) is 0 Å². The lowest BCUT2D eigenvalue weighted by molar-refractivity contribution is 0.0947. The van der Waals surface area contributed by atoms with Crippen LogP contribution in [0.15, 0.2) is 18.3 Å². The van der Waals surface area contributed by atoms with Crippen LogP contribution < -0.4 is 10.6 Å². The van der Waals surface area contributed by atoms with Crippen LogP contribution in [0.25, 0.3) is 0 Å². The SMILES string of the molecule is CCCCCNc1ccc(C(=O)NCCC(C)C)nc1. The number of carbonyl (C=O) groups is 1. The van der Waals surface area contributed by atoms with Crippen molar-refractivity contribution in [2.24, 2.45) is 5.92 Å². The maximum absolute atomic E-state index is 11.8. The maximum atomic E-state index is 11.8. The number of nitrogens with zero attached hydrogens (tertiary/aromatic N) is 1. The zero-order chi connectivity index (χ0) is 14.8. The summed E-state index contributed by atoms with van der Waals surface area (Å²) in [5, 5.41) is 6.20. The Morgan fingerprint density at radius 1 is 1.25 bits per heavy atom. The van der Waals surface area contributed by atoms with Gasteiger partial charge in [0.1, 0.15) is 5.69 Å². The van der Waals surface area contributed by atoms with Gasteiger partial charge < -0.3 is 10.6 Å². The van der Waals surface area contributed by atoms with E-state index in [2.05, 4.69) is 36.4 Å². The number of amides is 1. The predicted octanol–water partition coefficient (Wildman–Crippen LogP) is 3.46. The van der Waals surface area contributed by atoms with Crippen molar-refractivity contribution in [2.45, 2.75) is 46.5 Å². The Bertz CT molecular complexity index is 387. The lowest BCUT2D eigenvalue weighted by Crippen LogP contribution is -2.26. The molecule has 0 radical (unpaired) electrons. The van der Waals surface area contributed by atoms with E-state index in [1.807, 2.05) is 6.07 Å². The number of carbonyl (C=O) groups excluding carboxylic acids is 1. The van der Waals surface area contributed by atoms with Gasteiger partial charge in [-0.1, -0.05) is 33.6 Å². The molecule has 4 heteroatoms. The minimum atomic E-state index is -0.0943. The highest BCUT2D eigenvalue weighted by Crippen LogP contribution is 2.07. The number of pyridine rings is 1. The van der Waals surface area contributed by atoms with Crippen molar-refractivity contribution in [1.82, 2.24) is 10.3 Å². The third kappa shape index (κ3) is 6.55. The largest absolute Gasteiger partial charge is 0.384 e. The molecule has 1 aromatic rings. The van der Waals surface area contributed by atoms with Crippen LogP contribution in [0.4, 0.5) is 5.69 Å². The highest BCUT2D eigenvalue weighted by atomic mass is 16.1. The van der Waals surface area contributed by atoms with Crippen molar-refractivity contribution in [2.75, 3.05) is 18.4 Å². The highest BCUT2D eigenvalue weighted by Gasteiger charge is 2.06. The summed E-state index contributed by atoms with van der Waals surface area (Å²) >= 11 is 0. The smallest absolute Gasteiger partial charge is 0.269 e. The van der Waals surface area contributed by atoms with Gasteiger partial charge in [0.25, 0.3) is 5.91 Å². The van der Waals surface area contributed by atoms with Crippen molar-refractivity contribution in [3.63, 3.8) is 0 Å². The number of rotatable bonds is 9. The molecule has 0 aromatic carbocycles. The molecule has 1 amide bonds. The number of aromatic nitrogens is 1. The third-order valence-electron chi connectivity index (χ3n) is 3.11. The van der Waals surface area contributed by atoms with E-state index in [0.717, 1.165) is 25.1 Å². The maximum Gasteiger partial charge on any atom is 0.269 e. The van der Waals surface area contributed by atoms with Crippen LogP contribution in [0.3, 0.4) is 0 Å². The molecule has 0 aliphatic rings. The Labute approximate surface area is 122 Å². The standard InChI is InChI=1S/C16H27N3O/c1-4-5-6-10-17-14-7-8-15(19-12-14)16(20)18-11-9-13(2)3/h7-8,12-13,17H,4-6,9-11H2,1-3H3,(H,18,20). The quantitative estimate of drug-likeness (QED) is 0.680. The van der Waals surface area contributed by atoms with E-state index in [-0.39, 0.29) is 5.91 Å². The molecule has 0 saturated carbocycles. The number of unbranched alkanes of at least 4 members (excludes halogenated alkanes) is 2. The van der Waals surface area contributed by atoms with Gasteiger partial charge in [-0.2, -0.15) is 0 Å². The Morgan fingerprint density at radius 3 is 2.65 bits per heavy atom. The third-order valence-corrected chi connectivity index (χ3v) is 3.11. The van der Waals surface area contributed by atoms with Crippen LogP contribution in [0, 0.1) is 5.92 Å². The molecule has 0 unspecified atom stereocenters. The molecule has 1 aromatic heterocycles. The van der Waals surface area contributed by atoms with E-state index in [1.54, 1.807) is 12.3 Å². The molecule has 20 heavy (non-hydrogen) atoms. The summed E-state index contributed by atoms with van der Waals surface area (Å²) in [6.07, 6.45) is 6.33. The summed E-state index contributed by atoms with van der Waals surface area (Å²) in [5.41, 5.74) is 1.45. The van der Waals surface area contributed by atoms with Crippen LogP contribution in [0.2, 0.25) is 0 Å². The average Bonchev–Trinajstić information content (AvgIpc) is 2.44. The fourth-order valence-electron chi connectivity index (χ4n) is 1.81. The average molecular weight is 277 g/mol. The molecule has 0 fully saturated rings. The molecule has 0 aliphatic carbocycles. The van der Waals surface area contributed by atoms with Crippen molar-refractivity contribution < 1.29 is 4.79 Å². The van der Waals surface area contributed by atoms with E-state index < -0.39 is 0 Å². The number of anilines is 1. The van der Waals surface area contributed by atoms with Crippen LogP contribution in [0.5, 0.6) is 0 Å². The lowest BCUT2D eigenvalue weighted by atomic mass is 10.1. The first-order valence-corrected chi connectivity index (χ1v) is 7.61. The first kappa shape index (κ1) is 16.5. The molecule has 0 atom stereocenters. The van der Waals surface area contributed by atoms with Crippen molar-refractivity contribution in [3.05, 3.63) is 24.0 Å². The zero-order valence-electron chi connectivity index (χ0n) is 12.9. The first-order chi connectivity index (χ1) is 9.63. The molecule has 2 N–H and O–H groups in total. The molecular weight excluding hydrogens is 250 g/mol. The fourth-order valence-corrected chi connectivity index (χ4v) is 1.81.